The molecule has 178 valence electrons. The van der Waals surface area contributed by atoms with Crippen LogP contribution in [0, 0.1) is 11.8 Å². The Kier molecular flexibility index (Phi) is 7.15. The lowest BCUT2D eigenvalue weighted by molar-refractivity contribution is 0.0982. The second-order valence-corrected chi connectivity index (χ2v) is 9.59. The maximum absolute atomic E-state index is 12.7. The molecule has 2 N–H and O–H groups in total. The Bertz CT molecular complexity index is 1240. The van der Waals surface area contributed by atoms with Gasteiger partial charge < -0.3 is 5.11 Å². The number of aryl methyl sites for hydroxylation is 1. The Morgan fingerprint density at radius 3 is 2.40 bits per heavy atom. The zero-order chi connectivity index (χ0) is 24.0. The summed E-state index contributed by atoms with van der Waals surface area (Å²) in [6.07, 6.45) is 4.78. The topological polar surface area (TPSA) is 78.9 Å². The number of rotatable bonds is 9. The number of benzene rings is 3. The van der Waals surface area contributed by atoms with Gasteiger partial charge in [-0.3, -0.25) is 9.89 Å². The minimum atomic E-state index is -0.380. The maximum Gasteiger partial charge on any atom is 0.181 e. The van der Waals surface area contributed by atoms with E-state index in [9.17, 15) is 9.90 Å². The summed E-state index contributed by atoms with van der Waals surface area (Å²) >= 11 is 0. The molecule has 3 atom stereocenters. The average molecular weight is 466 g/mol. The van der Waals surface area contributed by atoms with Crippen LogP contribution < -0.4 is 0 Å². The Morgan fingerprint density at radius 1 is 0.943 bits per heavy atom. The quantitative estimate of drug-likeness (QED) is 0.298. The van der Waals surface area contributed by atoms with E-state index in [0.717, 1.165) is 48.2 Å². The predicted molar refractivity (Wildman–Crippen MR) is 137 cm³/mol. The first-order valence-corrected chi connectivity index (χ1v) is 12.5. The minimum Gasteiger partial charge on any atom is -0.388 e. The number of aliphatic hydroxyl groups excluding tert-OH is 1. The smallest absolute Gasteiger partial charge is 0.181 e. The molecule has 1 aromatic heterocycles. The van der Waals surface area contributed by atoms with Crippen molar-refractivity contribution < 1.29 is 9.90 Å². The SMILES string of the molecule is O=C(CCc1nc(-c2ccccc2)n[nH]1)c1ccc(CC2CCC([C@H](O)c3ccccc3)C2)cc1. The van der Waals surface area contributed by atoms with E-state index < -0.39 is 0 Å². The number of aromatic amines is 1. The van der Waals surface area contributed by atoms with Gasteiger partial charge in [0.2, 0.25) is 0 Å². The summed E-state index contributed by atoms with van der Waals surface area (Å²) < 4.78 is 0. The third-order valence-corrected chi connectivity index (χ3v) is 7.12. The van der Waals surface area contributed by atoms with Crippen LogP contribution in [0.2, 0.25) is 0 Å². The molecule has 4 aromatic rings. The molecule has 0 saturated heterocycles. The lowest BCUT2D eigenvalue weighted by Crippen LogP contribution is -2.10. The summed E-state index contributed by atoms with van der Waals surface area (Å²) in [5.74, 6) is 2.39. The number of nitrogens with one attached hydrogen (secondary N) is 1. The molecule has 3 aromatic carbocycles. The number of aromatic nitrogens is 3. The zero-order valence-electron chi connectivity index (χ0n) is 19.8. The largest absolute Gasteiger partial charge is 0.388 e. The molecular formula is C30H31N3O2. The predicted octanol–water partition coefficient (Wildman–Crippen LogP) is 5.98. The molecule has 5 nitrogen and oxygen atoms in total. The molecule has 5 heteroatoms. The van der Waals surface area contributed by atoms with Crippen molar-refractivity contribution in [2.24, 2.45) is 11.8 Å². The van der Waals surface area contributed by atoms with Gasteiger partial charge in [0, 0.05) is 24.0 Å². The number of nitrogens with zero attached hydrogens (tertiary/aromatic N) is 2. The molecule has 0 spiro atoms. The minimum absolute atomic E-state index is 0.112. The number of ketones is 1. The normalized spacial score (nSPS) is 18.4. The summed E-state index contributed by atoms with van der Waals surface area (Å²) in [5.41, 5.74) is 3.96. The first-order chi connectivity index (χ1) is 17.2. The van der Waals surface area contributed by atoms with E-state index in [0.29, 0.717) is 30.5 Å². The standard InChI is InChI=1S/C30H31N3O2/c34-27(17-18-28-31-30(33-32-28)25-9-5-2-6-10-25)23-14-11-21(12-15-23)19-22-13-16-26(20-22)29(35)24-7-3-1-4-8-24/h1-12,14-15,22,26,29,35H,13,16-20H2,(H,31,32,33)/t22?,26?,29-/m1/s1. The summed E-state index contributed by atoms with van der Waals surface area (Å²) in [5, 5.41) is 18.0. The van der Waals surface area contributed by atoms with Gasteiger partial charge in [0.05, 0.1) is 6.10 Å². The van der Waals surface area contributed by atoms with Gasteiger partial charge in [-0.2, -0.15) is 5.10 Å². The molecule has 0 bridgehead atoms. The fourth-order valence-electron chi connectivity index (χ4n) is 5.17. The highest BCUT2D eigenvalue weighted by molar-refractivity contribution is 5.96. The van der Waals surface area contributed by atoms with Crippen molar-refractivity contribution in [2.75, 3.05) is 0 Å². The first-order valence-electron chi connectivity index (χ1n) is 12.5. The number of hydrogen-bond acceptors (Lipinski definition) is 4. The number of Topliss-reactive ketones (excluding diaryl/α,β-unsaturated/α-hetero) is 1. The molecule has 0 radical (unpaired) electrons. The Balaban J connectivity index is 1.11. The highest BCUT2D eigenvalue weighted by Crippen LogP contribution is 2.40. The Hall–Kier alpha value is -3.57. The first kappa shape index (κ1) is 23.2. The molecule has 1 heterocycles. The molecule has 5 rings (SSSR count). The highest BCUT2D eigenvalue weighted by atomic mass is 16.3. The zero-order valence-corrected chi connectivity index (χ0v) is 19.8. The van der Waals surface area contributed by atoms with Crippen LogP contribution in [0.5, 0.6) is 0 Å². The van der Waals surface area contributed by atoms with Crippen molar-refractivity contribution in [2.45, 2.75) is 44.6 Å². The van der Waals surface area contributed by atoms with Gasteiger partial charge >= 0.3 is 0 Å². The highest BCUT2D eigenvalue weighted by Gasteiger charge is 2.30. The van der Waals surface area contributed by atoms with Crippen LogP contribution in [-0.2, 0) is 12.8 Å². The summed E-state index contributed by atoms with van der Waals surface area (Å²) in [6, 6.07) is 27.8. The molecule has 1 fully saturated rings. The van der Waals surface area contributed by atoms with E-state index in [4.69, 9.17) is 0 Å². The number of aliphatic hydroxyl groups is 1. The van der Waals surface area contributed by atoms with Crippen LogP contribution in [0.4, 0.5) is 0 Å². The molecule has 1 saturated carbocycles. The molecular weight excluding hydrogens is 434 g/mol. The molecule has 1 aliphatic rings. The van der Waals surface area contributed by atoms with Crippen molar-refractivity contribution in [1.82, 2.24) is 15.2 Å². The van der Waals surface area contributed by atoms with Gasteiger partial charge in [-0.25, -0.2) is 4.98 Å². The molecule has 2 unspecified atom stereocenters. The van der Waals surface area contributed by atoms with Gasteiger partial charge in [-0.1, -0.05) is 84.9 Å². The lowest BCUT2D eigenvalue weighted by Gasteiger charge is -2.19. The monoisotopic (exact) mass is 465 g/mol. The fourth-order valence-corrected chi connectivity index (χ4v) is 5.17. The van der Waals surface area contributed by atoms with Gasteiger partial charge in [0.15, 0.2) is 11.6 Å². The summed E-state index contributed by atoms with van der Waals surface area (Å²) in [6.45, 7) is 0. The van der Waals surface area contributed by atoms with E-state index in [-0.39, 0.29) is 11.9 Å². The summed E-state index contributed by atoms with van der Waals surface area (Å²) in [7, 11) is 0. The van der Waals surface area contributed by atoms with Gasteiger partial charge in [-0.05, 0) is 48.6 Å². The van der Waals surface area contributed by atoms with Crippen molar-refractivity contribution in [3.63, 3.8) is 0 Å². The van der Waals surface area contributed by atoms with Crippen molar-refractivity contribution in [3.05, 3.63) is 107 Å². The van der Waals surface area contributed by atoms with Crippen molar-refractivity contribution in [1.29, 1.82) is 0 Å². The van der Waals surface area contributed by atoms with Crippen LogP contribution in [-0.4, -0.2) is 26.1 Å². The number of carbonyl (C=O) groups excluding carboxylic acids is 1. The van der Waals surface area contributed by atoms with Crippen LogP contribution in [0.25, 0.3) is 11.4 Å². The molecule has 0 amide bonds. The van der Waals surface area contributed by atoms with E-state index >= 15 is 0 Å². The van der Waals surface area contributed by atoms with Crippen LogP contribution in [0.3, 0.4) is 0 Å². The maximum atomic E-state index is 12.7. The van der Waals surface area contributed by atoms with E-state index in [1.54, 1.807) is 0 Å². The molecule has 1 aliphatic carbocycles. The van der Waals surface area contributed by atoms with Gasteiger partial charge in [0.1, 0.15) is 5.82 Å². The lowest BCUT2D eigenvalue weighted by atomic mass is 9.91. The average Bonchev–Trinajstić information content (AvgIpc) is 3.58. The number of carbonyl (C=O) groups is 1. The van der Waals surface area contributed by atoms with Crippen LogP contribution >= 0.6 is 0 Å². The number of hydrogen-bond donors (Lipinski definition) is 2. The fraction of sp³-hybridized carbons (Fsp3) is 0.300. The Labute approximate surface area is 206 Å². The van der Waals surface area contributed by atoms with Crippen molar-refractivity contribution in [3.8, 4) is 11.4 Å². The third kappa shape index (κ3) is 5.75. The van der Waals surface area contributed by atoms with Gasteiger partial charge in [0.25, 0.3) is 0 Å². The molecule has 0 aliphatic heterocycles. The summed E-state index contributed by atoms with van der Waals surface area (Å²) in [4.78, 5) is 17.2. The van der Waals surface area contributed by atoms with Crippen molar-refractivity contribution >= 4 is 5.78 Å². The van der Waals surface area contributed by atoms with Gasteiger partial charge in [-0.15, -0.1) is 0 Å². The van der Waals surface area contributed by atoms with Crippen LogP contribution in [0.1, 0.15) is 59.1 Å². The van der Waals surface area contributed by atoms with E-state index in [1.807, 2.05) is 72.8 Å². The van der Waals surface area contributed by atoms with E-state index in [2.05, 4.69) is 27.3 Å². The van der Waals surface area contributed by atoms with Crippen LogP contribution in [0.15, 0.2) is 84.9 Å². The van der Waals surface area contributed by atoms with E-state index in [1.165, 1.54) is 5.56 Å². The third-order valence-electron chi connectivity index (χ3n) is 7.12. The Morgan fingerprint density at radius 2 is 1.66 bits per heavy atom. The second kappa shape index (κ2) is 10.8. The number of H-pyrrole nitrogens is 1. The molecule has 35 heavy (non-hydrogen) atoms. The second-order valence-electron chi connectivity index (χ2n) is 9.59.